The number of aryl methyl sites for hydroxylation is 1. The minimum absolute atomic E-state index is 0.172. The molecule has 4 rings (SSSR count). The van der Waals surface area contributed by atoms with Crippen LogP contribution in [0.25, 0.3) is 10.4 Å². The number of hydrogen-bond acceptors (Lipinski definition) is 7. The Kier molecular flexibility index (Phi) is 6.11. The number of carboxylic acid groups (broad SMARTS) is 1. The van der Waals surface area contributed by atoms with Crippen LogP contribution in [-0.2, 0) is 16.6 Å². The first kappa shape index (κ1) is 24.1. The smallest absolute Gasteiger partial charge is 0.433 e. The van der Waals surface area contributed by atoms with Crippen LogP contribution in [0.15, 0.2) is 36.7 Å². The third kappa shape index (κ3) is 4.90. The number of benzene rings is 1. The van der Waals surface area contributed by atoms with Crippen LogP contribution in [0, 0.1) is 12.3 Å². The fourth-order valence-electron chi connectivity index (χ4n) is 3.97. The number of carboxylic acids is 1. The van der Waals surface area contributed by atoms with Crippen LogP contribution < -0.4 is 5.32 Å². The summed E-state index contributed by atoms with van der Waals surface area (Å²) < 4.78 is 38.9. The number of carbonyl (C=O) groups is 1. The number of thiazole rings is 1. The second kappa shape index (κ2) is 8.62. The van der Waals surface area contributed by atoms with Crippen LogP contribution in [-0.4, -0.2) is 31.1 Å². The summed E-state index contributed by atoms with van der Waals surface area (Å²) in [5.41, 5.74) is -0.935. The van der Waals surface area contributed by atoms with Crippen molar-refractivity contribution in [1.29, 1.82) is 0 Å². The molecule has 7 nitrogen and oxygen atoms in total. The maximum absolute atomic E-state index is 13.0. The molecule has 3 N–H and O–H groups in total. The van der Waals surface area contributed by atoms with Gasteiger partial charge in [0.05, 0.1) is 10.3 Å². The molecule has 0 spiro atoms. The van der Waals surface area contributed by atoms with Crippen molar-refractivity contribution in [2.24, 2.45) is 5.41 Å². The summed E-state index contributed by atoms with van der Waals surface area (Å²) in [6, 6.07) is 6.22. The van der Waals surface area contributed by atoms with Gasteiger partial charge in [0.15, 0.2) is 0 Å². The molecule has 3 aromatic rings. The third-order valence-electron chi connectivity index (χ3n) is 6.16. The van der Waals surface area contributed by atoms with Gasteiger partial charge < -0.3 is 15.5 Å². The molecule has 1 aliphatic rings. The van der Waals surface area contributed by atoms with Crippen LogP contribution in [0.4, 0.5) is 24.8 Å². The number of nitrogens with one attached hydrogen (secondary N) is 1. The maximum Gasteiger partial charge on any atom is 0.433 e. The number of rotatable bonds is 5. The quantitative estimate of drug-likeness (QED) is 0.430. The maximum atomic E-state index is 13.0. The van der Waals surface area contributed by atoms with Crippen molar-refractivity contribution in [3.8, 4) is 10.4 Å². The van der Waals surface area contributed by atoms with Gasteiger partial charge in [-0.3, -0.25) is 4.79 Å². The zero-order valence-corrected chi connectivity index (χ0v) is 19.3. The van der Waals surface area contributed by atoms with Gasteiger partial charge in [-0.05, 0) is 68.9 Å². The van der Waals surface area contributed by atoms with Crippen LogP contribution in [0.3, 0.4) is 0 Å². The van der Waals surface area contributed by atoms with E-state index in [1.54, 1.807) is 25.3 Å². The van der Waals surface area contributed by atoms with Gasteiger partial charge in [-0.1, -0.05) is 6.07 Å². The molecule has 11 heteroatoms. The fourth-order valence-corrected chi connectivity index (χ4v) is 5.02. The van der Waals surface area contributed by atoms with Crippen LogP contribution in [0.1, 0.15) is 48.9 Å². The van der Waals surface area contributed by atoms with E-state index in [4.69, 9.17) is 0 Å². The van der Waals surface area contributed by atoms with E-state index < -0.39 is 28.9 Å². The third-order valence-corrected chi connectivity index (χ3v) is 7.40. The second-order valence-corrected chi connectivity index (χ2v) is 9.93. The molecule has 0 unspecified atom stereocenters. The molecule has 0 radical (unpaired) electrons. The minimum Gasteiger partial charge on any atom is -0.481 e. The van der Waals surface area contributed by atoms with E-state index in [0.717, 1.165) is 28.3 Å². The van der Waals surface area contributed by atoms with Gasteiger partial charge in [0.25, 0.3) is 0 Å². The van der Waals surface area contributed by atoms with Crippen molar-refractivity contribution in [3.63, 3.8) is 0 Å². The number of nitrogens with zero attached hydrogens (tertiary/aromatic N) is 3. The van der Waals surface area contributed by atoms with Crippen LogP contribution >= 0.6 is 11.3 Å². The summed E-state index contributed by atoms with van der Waals surface area (Å²) >= 11 is 1.31. The highest BCUT2D eigenvalue weighted by molar-refractivity contribution is 7.15. The Labute approximate surface area is 197 Å². The van der Waals surface area contributed by atoms with E-state index in [1.165, 1.54) is 11.3 Å². The molecule has 2 aromatic heterocycles. The normalized spacial score (nSPS) is 23.0. The van der Waals surface area contributed by atoms with Gasteiger partial charge in [0.1, 0.15) is 16.3 Å². The molecule has 0 amide bonds. The molecule has 0 aliphatic heterocycles. The van der Waals surface area contributed by atoms with E-state index >= 15 is 0 Å². The molecule has 0 saturated heterocycles. The van der Waals surface area contributed by atoms with Gasteiger partial charge >= 0.3 is 12.1 Å². The monoisotopic (exact) mass is 492 g/mol. The average molecular weight is 493 g/mol. The number of hydrogen-bond donors (Lipinski definition) is 3. The number of aliphatic hydroxyl groups is 1. The highest BCUT2D eigenvalue weighted by Crippen LogP contribution is 2.47. The van der Waals surface area contributed by atoms with E-state index in [-0.39, 0.29) is 5.95 Å². The molecular formula is C23H23F3N4O3S. The first-order valence-electron chi connectivity index (χ1n) is 10.6. The number of aromatic nitrogens is 3. The lowest BCUT2D eigenvalue weighted by molar-refractivity contribution is -0.153. The average Bonchev–Trinajstić information content (AvgIpc) is 3.26. The lowest BCUT2D eigenvalue weighted by atomic mass is 9.70. The van der Waals surface area contributed by atoms with Crippen molar-refractivity contribution in [2.45, 2.75) is 51.3 Å². The number of aliphatic carboxylic acids is 1. The fraction of sp³-hybridized carbons (Fsp3) is 0.391. The largest absolute Gasteiger partial charge is 0.481 e. The highest BCUT2D eigenvalue weighted by Gasteiger charge is 2.45. The molecule has 0 atom stereocenters. The summed E-state index contributed by atoms with van der Waals surface area (Å²) in [5, 5.41) is 23.9. The number of alkyl halides is 3. The molecule has 180 valence electrons. The van der Waals surface area contributed by atoms with Crippen molar-refractivity contribution < 1.29 is 28.2 Å². The standard InChI is InChI=1S/C23H23F3N4O3S/c1-13-9-14(11-15(10-13)29-20-27-8-3-17(30-20)23(24,25)26)16-12-28-18(34-16)22(33)6-4-21(2,5-7-22)19(31)32/h3,8-12,33H,4-7H2,1-2H3,(H,31,32)(H,27,29,30). The van der Waals surface area contributed by atoms with Gasteiger partial charge in [0, 0.05) is 18.1 Å². The minimum atomic E-state index is -4.57. The van der Waals surface area contributed by atoms with Crippen LogP contribution in [0.5, 0.6) is 0 Å². The topological polar surface area (TPSA) is 108 Å². The highest BCUT2D eigenvalue weighted by atomic mass is 32.1. The van der Waals surface area contributed by atoms with Gasteiger partial charge in [-0.25, -0.2) is 15.0 Å². The Bertz CT molecular complexity index is 1220. The first-order chi connectivity index (χ1) is 15.9. The van der Waals surface area contributed by atoms with Gasteiger partial charge in [-0.2, -0.15) is 13.2 Å². The Morgan fingerprint density at radius 3 is 2.50 bits per heavy atom. The summed E-state index contributed by atoms with van der Waals surface area (Å²) in [6.07, 6.45) is -0.580. The zero-order chi connectivity index (χ0) is 24.7. The second-order valence-electron chi connectivity index (χ2n) is 8.90. The summed E-state index contributed by atoms with van der Waals surface area (Å²) in [7, 11) is 0. The Morgan fingerprint density at radius 2 is 1.85 bits per heavy atom. The number of halogens is 3. The Morgan fingerprint density at radius 1 is 1.15 bits per heavy atom. The molecular weight excluding hydrogens is 469 g/mol. The number of anilines is 2. The Hall–Kier alpha value is -3.05. The van der Waals surface area contributed by atoms with Crippen LogP contribution in [0.2, 0.25) is 0 Å². The molecule has 1 saturated carbocycles. The molecule has 1 aliphatic carbocycles. The van der Waals surface area contributed by atoms with Crippen molar-refractivity contribution >= 4 is 28.9 Å². The van der Waals surface area contributed by atoms with E-state index in [9.17, 15) is 28.2 Å². The predicted molar refractivity (Wildman–Crippen MR) is 121 cm³/mol. The van der Waals surface area contributed by atoms with E-state index in [0.29, 0.717) is 36.4 Å². The molecule has 1 fully saturated rings. The van der Waals surface area contributed by atoms with Crippen molar-refractivity contribution in [1.82, 2.24) is 15.0 Å². The zero-order valence-electron chi connectivity index (χ0n) is 18.5. The van der Waals surface area contributed by atoms with Crippen molar-refractivity contribution in [2.75, 3.05) is 5.32 Å². The SMILES string of the molecule is Cc1cc(Nc2nccc(C(F)(F)F)n2)cc(-c2cnc(C3(O)CCC(C)(C(=O)O)CC3)s2)c1. The molecule has 1 aromatic carbocycles. The lowest BCUT2D eigenvalue weighted by Gasteiger charge is -2.38. The molecule has 2 heterocycles. The van der Waals surface area contributed by atoms with E-state index in [2.05, 4.69) is 20.3 Å². The molecule has 0 bridgehead atoms. The molecule has 34 heavy (non-hydrogen) atoms. The first-order valence-corrected chi connectivity index (χ1v) is 11.4. The summed E-state index contributed by atoms with van der Waals surface area (Å²) in [6.45, 7) is 3.54. The predicted octanol–water partition coefficient (Wildman–Crippen LogP) is 5.52. The summed E-state index contributed by atoms with van der Waals surface area (Å²) in [4.78, 5) is 24.1. The van der Waals surface area contributed by atoms with Crippen molar-refractivity contribution in [3.05, 3.63) is 52.9 Å². The lowest BCUT2D eigenvalue weighted by Crippen LogP contribution is -2.39. The van der Waals surface area contributed by atoms with Gasteiger partial charge in [-0.15, -0.1) is 11.3 Å². The Balaban J connectivity index is 1.56. The summed E-state index contributed by atoms with van der Waals surface area (Å²) in [5.74, 6) is -1.03. The van der Waals surface area contributed by atoms with Gasteiger partial charge in [0.2, 0.25) is 5.95 Å². The van der Waals surface area contributed by atoms with E-state index in [1.807, 2.05) is 13.0 Å².